The number of ether oxygens (including phenoxy) is 1. The summed E-state index contributed by atoms with van der Waals surface area (Å²) in [6, 6.07) is 2.48. The first-order chi connectivity index (χ1) is 10.2. The molecule has 1 fully saturated rings. The van der Waals surface area contributed by atoms with Gasteiger partial charge in [-0.05, 0) is 37.5 Å². The molecule has 1 heterocycles. The zero-order valence-electron chi connectivity index (χ0n) is 11.9. The van der Waals surface area contributed by atoms with Crippen molar-refractivity contribution in [2.75, 3.05) is 13.1 Å². The van der Waals surface area contributed by atoms with Crippen molar-refractivity contribution < 1.29 is 26.3 Å². The predicted molar refractivity (Wildman–Crippen MR) is 73.5 cm³/mol. The van der Waals surface area contributed by atoms with Crippen LogP contribution in [0.2, 0.25) is 0 Å². The van der Waals surface area contributed by atoms with Gasteiger partial charge in [-0.2, -0.15) is 13.1 Å². The third kappa shape index (κ3) is 3.53. The zero-order valence-corrected chi connectivity index (χ0v) is 12.7. The lowest BCUT2D eigenvalue weighted by Gasteiger charge is -2.18. The van der Waals surface area contributed by atoms with Crippen LogP contribution < -0.4 is 10.5 Å². The lowest BCUT2D eigenvalue weighted by atomic mass is 10.0. The Morgan fingerprint density at radius 3 is 2.59 bits per heavy atom. The van der Waals surface area contributed by atoms with Gasteiger partial charge in [-0.1, -0.05) is 0 Å². The molecule has 2 atom stereocenters. The zero-order chi connectivity index (χ0) is 16.5. The molecule has 2 N–H and O–H groups in total. The summed E-state index contributed by atoms with van der Waals surface area (Å²) >= 11 is 0. The van der Waals surface area contributed by atoms with Gasteiger partial charge in [-0.15, -0.1) is 0 Å². The Kier molecular flexibility index (Phi) is 4.98. The first-order valence-corrected chi connectivity index (χ1v) is 8.16. The summed E-state index contributed by atoms with van der Waals surface area (Å²) in [6.45, 7) is -0.818. The van der Waals surface area contributed by atoms with E-state index in [2.05, 4.69) is 4.74 Å². The fraction of sp³-hybridized carbons (Fsp3) is 0.538. The third-order valence-electron chi connectivity index (χ3n) is 3.69. The van der Waals surface area contributed by atoms with Crippen molar-refractivity contribution in [2.24, 2.45) is 11.7 Å². The number of hydrogen-bond acceptors (Lipinski definition) is 4. The van der Waals surface area contributed by atoms with E-state index in [9.17, 15) is 21.6 Å². The Balaban J connectivity index is 2.22. The maximum atomic E-state index is 13.7. The van der Waals surface area contributed by atoms with Gasteiger partial charge < -0.3 is 10.5 Å². The molecule has 0 aromatic heterocycles. The van der Waals surface area contributed by atoms with Crippen molar-refractivity contribution in [3.05, 3.63) is 24.0 Å². The number of sulfonamides is 1. The van der Waals surface area contributed by atoms with Crippen molar-refractivity contribution in [3.8, 4) is 5.75 Å². The normalized spacial score (nSPS) is 21.3. The van der Waals surface area contributed by atoms with Gasteiger partial charge in [0.25, 0.3) is 0 Å². The van der Waals surface area contributed by atoms with E-state index < -0.39 is 28.2 Å². The molecule has 2 rings (SSSR count). The molecular formula is C13H17F3N2O3S. The molecule has 0 radical (unpaired) electrons. The molecular weight excluding hydrogens is 321 g/mol. The molecule has 1 aromatic carbocycles. The highest BCUT2D eigenvalue weighted by atomic mass is 32.2. The molecule has 2 unspecified atom stereocenters. The highest BCUT2D eigenvalue weighted by Crippen LogP contribution is 2.28. The minimum absolute atomic E-state index is 0.0427. The smallest absolute Gasteiger partial charge is 0.387 e. The summed E-state index contributed by atoms with van der Waals surface area (Å²) in [5.74, 6) is -1.80. The van der Waals surface area contributed by atoms with Crippen LogP contribution in [-0.4, -0.2) is 38.5 Å². The van der Waals surface area contributed by atoms with Crippen LogP contribution in [0.5, 0.6) is 5.75 Å². The molecule has 124 valence electrons. The number of hydrogen-bond donors (Lipinski definition) is 1. The van der Waals surface area contributed by atoms with E-state index in [4.69, 9.17) is 5.73 Å². The van der Waals surface area contributed by atoms with Gasteiger partial charge in [0, 0.05) is 19.1 Å². The van der Waals surface area contributed by atoms with Crippen molar-refractivity contribution in [1.82, 2.24) is 4.31 Å². The SMILES string of the molecule is CC(N)C1CCN(S(=O)(=O)c2ccc(OC(F)F)c(F)c2)C1. The minimum atomic E-state index is -3.88. The summed E-state index contributed by atoms with van der Waals surface area (Å²) in [5.41, 5.74) is 5.76. The first kappa shape index (κ1) is 17.0. The summed E-state index contributed by atoms with van der Waals surface area (Å²) < 4.78 is 67.8. The Morgan fingerprint density at radius 2 is 2.09 bits per heavy atom. The van der Waals surface area contributed by atoms with E-state index in [-0.39, 0.29) is 23.4 Å². The van der Waals surface area contributed by atoms with Crippen LogP contribution in [0.25, 0.3) is 0 Å². The third-order valence-corrected chi connectivity index (χ3v) is 5.55. The number of alkyl halides is 2. The van der Waals surface area contributed by atoms with Crippen molar-refractivity contribution in [1.29, 1.82) is 0 Å². The molecule has 22 heavy (non-hydrogen) atoms. The van der Waals surface area contributed by atoms with Gasteiger partial charge in [0.1, 0.15) is 0 Å². The molecule has 9 heteroatoms. The van der Waals surface area contributed by atoms with Crippen LogP contribution >= 0.6 is 0 Å². The number of nitrogens with zero attached hydrogens (tertiary/aromatic N) is 1. The molecule has 0 saturated carbocycles. The van der Waals surface area contributed by atoms with Crippen LogP contribution in [0, 0.1) is 11.7 Å². The Morgan fingerprint density at radius 1 is 1.41 bits per heavy atom. The van der Waals surface area contributed by atoms with E-state index in [1.54, 1.807) is 6.92 Å². The average Bonchev–Trinajstić information content (AvgIpc) is 2.91. The van der Waals surface area contributed by atoms with Crippen LogP contribution in [0.15, 0.2) is 23.1 Å². The average molecular weight is 338 g/mol. The van der Waals surface area contributed by atoms with Crippen LogP contribution in [0.4, 0.5) is 13.2 Å². The summed E-state index contributed by atoms with van der Waals surface area (Å²) in [5, 5.41) is 0. The van der Waals surface area contributed by atoms with E-state index in [0.29, 0.717) is 19.0 Å². The highest BCUT2D eigenvalue weighted by Gasteiger charge is 2.34. The fourth-order valence-electron chi connectivity index (χ4n) is 2.38. The molecule has 1 aromatic rings. The van der Waals surface area contributed by atoms with Crippen LogP contribution in [-0.2, 0) is 10.0 Å². The molecule has 1 aliphatic heterocycles. The topological polar surface area (TPSA) is 72.6 Å². The Hall–Kier alpha value is -1.32. The molecule has 1 aliphatic rings. The van der Waals surface area contributed by atoms with E-state index >= 15 is 0 Å². The van der Waals surface area contributed by atoms with Gasteiger partial charge >= 0.3 is 6.61 Å². The monoisotopic (exact) mass is 338 g/mol. The van der Waals surface area contributed by atoms with Gasteiger partial charge in [-0.25, -0.2) is 12.8 Å². The molecule has 5 nitrogen and oxygen atoms in total. The van der Waals surface area contributed by atoms with Crippen LogP contribution in [0.1, 0.15) is 13.3 Å². The largest absolute Gasteiger partial charge is 0.432 e. The lowest BCUT2D eigenvalue weighted by Crippen LogP contribution is -2.33. The summed E-state index contributed by atoms with van der Waals surface area (Å²) in [6.07, 6.45) is 0.631. The van der Waals surface area contributed by atoms with Gasteiger partial charge in [0.05, 0.1) is 4.90 Å². The van der Waals surface area contributed by atoms with Gasteiger partial charge in [0.2, 0.25) is 10.0 Å². The Bertz CT molecular complexity index is 637. The van der Waals surface area contributed by atoms with Crippen molar-refractivity contribution in [3.63, 3.8) is 0 Å². The summed E-state index contributed by atoms with van der Waals surface area (Å²) in [4.78, 5) is -0.294. The second-order valence-electron chi connectivity index (χ2n) is 5.24. The lowest BCUT2D eigenvalue weighted by molar-refractivity contribution is -0.0522. The molecule has 0 spiro atoms. The number of nitrogens with two attached hydrogens (primary N) is 1. The number of rotatable bonds is 5. The standard InChI is InChI=1S/C13H17F3N2O3S/c1-8(17)9-4-5-18(7-9)22(19,20)10-2-3-12(11(14)6-10)21-13(15)16/h2-3,6,8-9,13H,4-5,7,17H2,1H3. The van der Waals surface area contributed by atoms with Crippen molar-refractivity contribution in [2.45, 2.75) is 30.9 Å². The van der Waals surface area contributed by atoms with Gasteiger partial charge in [-0.3, -0.25) is 0 Å². The maximum absolute atomic E-state index is 13.7. The predicted octanol–water partition coefficient (Wildman–Crippen LogP) is 1.78. The molecule has 0 bridgehead atoms. The first-order valence-electron chi connectivity index (χ1n) is 6.72. The second-order valence-corrected chi connectivity index (χ2v) is 7.18. The molecule has 0 amide bonds. The van der Waals surface area contributed by atoms with E-state index in [1.165, 1.54) is 4.31 Å². The van der Waals surface area contributed by atoms with Crippen molar-refractivity contribution >= 4 is 10.0 Å². The minimum Gasteiger partial charge on any atom is -0.432 e. The number of halogens is 3. The highest BCUT2D eigenvalue weighted by molar-refractivity contribution is 7.89. The summed E-state index contributed by atoms with van der Waals surface area (Å²) in [7, 11) is -3.88. The van der Waals surface area contributed by atoms with Gasteiger partial charge in [0.15, 0.2) is 11.6 Å². The Labute approximate surface area is 126 Å². The molecule has 0 aliphatic carbocycles. The van der Waals surface area contributed by atoms with E-state index in [1.807, 2.05) is 0 Å². The van der Waals surface area contributed by atoms with Crippen LogP contribution in [0.3, 0.4) is 0 Å². The molecule has 1 saturated heterocycles. The second kappa shape index (κ2) is 6.43. The fourth-order valence-corrected chi connectivity index (χ4v) is 3.91. The quantitative estimate of drug-likeness (QED) is 0.888. The maximum Gasteiger partial charge on any atom is 0.387 e. The number of benzene rings is 1. The van der Waals surface area contributed by atoms with E-state index in [0.717, 1.165) is 12.1 Å².